The lowest BCUT2D eigenvalue weighted by atomic mass is 9.43. The lowest BCUT2D eigenvalue weighted by molar-refractivity contribution is -0.199. The molecule has 2 bridgehead atoms. The molecule has 4 heteroatoms. The Morgan fingerprint density at radius 1 is 1.17 bits per heavy atom. The first-order valence-electron chi connectivity index (χ1n) is 8.77. The molecular weight excluding hydrogens is 287 g/mol. The van der Waals surface area contributed by atoms with Crippen molar-refractivity contribution in [2.24, 2.45) is 17.3 Å². The van der Waals surface area contributed by atoms with Gasteiger partial charge in [-0.15, -0.1) is 0 Å². The Hall–Kier alpha value is -1.26. The zero-order valence-electron chi connectivity index (χ0n) is 14.0. The number of rotatable bonds is 2. The van der Waals surface area contributed by atoms with E-state index < -0.39 is 0 Å². The van der Waals surface area contributed by atoms with Crippen molar-refractivity contribution in [3.63, 3.8) is 0 Å². The minimum Gasteiger partial charge on any atom is -0.464 e. The average molecular weight is 310 g/mol. The molecule has 3 aliphatic carbocycles. The molecule has 4 fully saturated rings. The molecular formula is C19H23BO3. The fraction of sp³-hybridized carbons (Fsp3) is 0.579. The van der Waals surface area contributed by atoms with E-state index in [0.717, 1.165) is 24.2 Å². The summed E-state index contributed by atoms with van der Waals surface area (Å²) in [6, 6.07) is 8.17. The van der Waals surface area contributed by atoms with E-state index in [9.17, 15) is 0 Å². The highest BCUT2D eigenvalue weighted by Crippen LogP contribution is 2.65. The molecule has 23 heavy (non-hydrogen) atoms. The SMILES string of the molecule is CC1(C)C2C[C@H]3OB(Cc4coc5ccccc45)O[C@@]3(C)[C@H]1C2. The third-order valence-corrected chi connectivity index (χ3v) is 6.95. The third-order valence-electron chi connectivity index (χ3n) is 6.95. The molecule has 1 aromatic carbocycles. The predicted molar refractivity (Wildman–Crippen MR) is 90.0 cm³/mol. The fourth-order valence-corrected chi connectivity index (χ4v) is 5.41. The third kappa shape index (κ3) is 1.79. The minimum atomic E-state index is -0.152. The van der Waals surface area contributed by atoms with Crippen LogP contribution in [0.2, 0.25) is 0 Å². The summed E-state index contributed by atoms with van der Waals surface area (Å²) in [5.74, 6) is 1.41. The Morgan fingerprint density at radius 3 is 2.83 bits per heavy atom. The van der Waals surface area contributed by atoms with Crippen molar-refractivity contribution in [1.82, 2.24) is 0 Å². The van der Waals surface area contributed by atoms with Crippen LogP contribution in [0.3, 0.4) is 0 Å². The first-order chi connectivity index (χ1) is 11.0. The van der Waals surface area contributed by atoms with Crippen molar-refractivity contribution >= 4 is 18.1 Å². The van der Waals surface area contributed by atoms with Crippen LogP contribution in [0.4, 0.5) is 0 Å². The normalized spacial score (nSPS) is 37.7. The molecule has 1 aromatic heterocycles. The highest BCUT2D eigenvalue weighted by Gasteiger charge is 2.67. The van der Waals surface area contributed by atoms with Gasteiger partial charge in [-0.2, -0.15) is 0 Å². The van der Waals surface area contributed by atoms with Gasteiger partial charge in [0.05, 0.1) is 18.0 Å². The van der Waals surface area contributed by atoms with Crippen LogP contribution in [0.5, 0.6) is 0 Å². The van der Waals surface area contributed by atoms with Crippen molar-refractivity contribution in [2.45, 2.75) is 51.6 Å². The molecule has 1 saturated heterocycles. The fourth-order valence-electron chi connectivity index (χ4n) is 5.41. The Morgan fingerprint density at radius 2 is 2.00 bits per heavy atom. The number of hydrogen-bond acceptors (Lipinski definition) is 3. The second kappa shape index (κ2) is 4.43. The van der Waals surface area contributed by atoms with Crippen molar-refractivity contribution < 1.29 is 13.7 Å². The lowest BCUT2D eigenvalue weighted by Gasteiger charge is -2.64. The van der Waals surface area contributed by atoms with E-state index in [4.69, 9.17) is 13.7 Å². The summed E-state index contributed by atoms with van der Waals surface area (Å²) in [5.41, 5.74) is 2.39. The van der Waals surface area contributed by atoms with Gasteiger partial charge in [-0.3, -0.25) is 0 Å². The second-order valence-corrected chi connectivity index (χ2v) is 8.36. The van der Waals surface area contributed by atoms with Gasteiger partial charge >= 0.3 is 7.12 Å². The summed E-state index contributed by atoms with van der Waals surface area (Å²) in [5, 5.41) is 1.17. The quantitative estimate of drug-likeness (QED) is 0.777. The van der Waals surface area contributed by atoms with E-state index in [2.05, 4.69) is 32.9 Å². The Bertz CT molecular complexity index is 767. The molecule has 0 radical (unpaired) electrons. The van der Waals surface area contributed by atoms with Crippen LogP contribution >= 0.6 is 0 Å². The van der Waals surface area contributed by atoms with Crippen molar-refractivity contribution in [3.05, 3.63) is 36.1 Å². The highest BCUT2D eigenvalue weighted by atomic mass is 16.7. The average Bonchev–Trinajstić information content (AvgIpc) is 3.07. The van der Waals surface area contributed by atoms with Gasteiger partial charge in [-0.25, -0.2) is 0 Å². The van der Waals surface area contributed by atoms with E-state index in [1.54, 1.807) is 0 Å². The summed E-state index contributed by atoms with van der Waals surface area (Å²) in [6.07, 6.45) is 5.31. The summed E-state index contributed by atoms with van der Waals surface area (Å²) >= 11 is 0. The maximum atomic E-state index is 6.50. The molecule has 0 amide bonds. The van der Waals surface area contributed by atoms with Crippen LogP contribution in [0.25, 0.3) is 11.0 Å². The maximum Gasteiger partial charge on any atom is 0.462 e. The molecule has 2 heterocycles. The molecule has 6 rings (SSSR count). The van der Waals surface area contributed by atoms with Crippen LogP contribution in [-0.2, 0) is 15.6 Å². The molecule has 1 unspecified atom stereocenters. The molecule has 120 valence electrons. The highest BCUT2D eigenvalue weighted by molar-refractivity contribution is 6.45. The molecule has 1 aliphatic heterocycles. The number of fused-ring (bicyclic) bond motifs is 1. The van der Waals surface area contributed by atoms with E-state index in [1.165, 1.54) is 17.4 Å². The monoisotopic (exact) mass is 310 g/mol. The lowest BCUT2D eigenvalue weighted by Crippen LogP contribution is -2.65. The van der Waals surface area contributed by atoms with Gasteiger partial charge in [0.1, 0.15) is 5.58 Å². The van der Waals surface area contributed by atoms with Crippen LogP contribution in [-0.4, -0.2) is 18.8 Å². The molecule has 4 atom stereocenters. The minimum absolute atomic E-state index is 0.123. The summed E-state index contributed by atoms with van der Waals surface area (Å²) in [6.45, 7) is 7.06. The van der Waals surface area contributed by atoms with Crippen molar-refractivity contribution in [3.8, 4) is 0 Å². The molecule has 0 spiro atoms. The van der Waals surface area contributed by atoms with Gasteiger partial charge in [-0.1, -0.05) is 32.0 Å². The second-order valence-electron chi connectivity index (χ2n) is 8.36. The molecule has 2 aromatic rings. The molecule has 4 aliphatic rings. The number of furan rings is 1. The van der Waals surface area contributed by atoms with Crippen molar-refractivity contribution in [2.75, 3.05) is 0 Å². The standard InChI is InChI=1S/C19H23BO3/c1-18(2)13-8-16(18)19(3)17(9-13)22-20(23-19)10-12-11-21-15-7-5-4-6-14(12)15/h4-7,11,13,16-17H,8-10H2,1-3H3/t13?,16-,17+,19-/m0/s1. The Kier molecular flexibility index (Phi) is 2.72. The first kappa shape index (κ1) is 14.1. The summed E-state index contributed by atoms with van der Waals surface area (Å²) in [7, 11) is -0.152. The van der Waals surface area contributed by atoms with Gasteiger partial charge in [0, 0.05) is 11.7 Å². The van der Waals surface area contributed by atoms with Gasteiger partial charge < -0.3 is 13.7 Å². The van der Waals surface area contributed by atoms with Crippen LogP contribution in [0.1, 0.15) is 39.2 Å². The zero-order chi connectivity index (χ0) is 15.8. The van der Waals surface area contributed by atoms with E-state index in [1.807, 2.05) is 18.4 Å². The van der Waals surface area contributed by atoms with Crippen molar-refractivity contribution in [1.29, 1.82) is 0 Å². The smallest absolute Gasteiger partial charge is 0.462 e. The number of benzene rings is 1. The van der Waals surface area contributed by atoms with Gasteiger partial charge in [-0.05, 0) is 48.6 Å². The molecule has 3 nitrogen and oxygen atoms in total. The van der Waals surface area contributed by atoms with Crippen LogP contribution in [0.15, 0.2) is 34.9 Å². The topological polar surface area (TPSA) is 31.6 Å². The molecule has 0 N–H and O–H groups in total. The Labute approximate surface area is 137 Å². The summed E-state index contributed by atoms with van der Waals surface area (Å²) in [4.78, 5) is 0. The van der Waals surface area contributed by atoms with Crippen LogP contribution < -0.4 is 0 Å². The molecule has 3 saturated carbocycles. The number of para-hydroxylation sites is 1. The zero-order valence-corrected chi connectivity index (χ0v) is 14.0. The van der Waals surface area contributed by atoms with Gasteiger partial charge in [0.15, 0.2) is 0 Å². The van der Waals surface area contributed by atoms with E-state index in [-0.39, 0.29) is 18.8 Å². The summed E-state index contributed by atoms with van der Waals surface area (Å²) < 4.78 is 18.5. The van der Waals surface area contributed by atoms with Gasteiger partial charge in [0.25, 0.3) is 0 Å². The Balaban J connectivity index is 1.40. The maximum absolute atomic E-state index is 6.50. The first-order valence-corrected chi connectivity index (χ1v) is 8.77. The van der Waals surface area contributed by atoms with E-state index >= 15 is 0 Å². The number of hydrogen-bond donors (Lipinski definition) is 0. The van der Waals surface area contributed by atoms with E-state index in [0.29, 0.717) is 11.3 Å². The van der Waals surface area contributed by atoms with Gasteiger partial charge in [0.2, 0.25) is 0 Å². The largest absolute Gasteiger partial charge is 0.464 e. The predicted octanol–water partition coefficient (Wildman–Crippen LogP) is 4.24. The van der Waals surface area contributed by atoms with Crippen LogP contribution in [0, 0.1) is 17.3 Å².